The summed E-state index contributed by atoms with van der Waals surface area (Å²) in [6.45, 7) is 0.220. The van der Waals surface area contributed by atoms with E-state index in [1.807, 2.05) is 0 Å². The lowest BCUT2D eigenvalue weighted by Crippen LogP contribution is -2.33. The first kappa shape index (κ1) is 14.4. The summed E-state index contributed by atoms with van der Waals surface area (Å²) in [4.78, 5) is 0. The molecule has 6 heteroatoms. The minimum atomic E-state index is -3.57. The van der Waals surface area contributed by atoms with E-state index in [9.17, 15) is 17.9 Å². The zero-order valence-electron chi connectivity index (χ0n) is 10.5. The van der Waals surface area contributed by atoms with E-state index in [0.29, 0.717) is 0 Å². The number of nitrogens with one attached hydrogen (secondary N) is 1. The Bertz CT molecular complexity index is 532. The van der Waals surface area contributed by atoms with Crippen molar-refractivity contribution in [1.29, 1.82) is 0 Å². The summed E-state index contributed by atoms with van der Waals surface area (Å²) in [5.74, 6) is -0.924. The van der Waals surface area contributed by atoms with Crippen molar-refractivity contribution in [2.45, 2.75) is 31.1 Å². The van der Waals surface area contributed by atoms with E-state index < -0.39 is 21.9 Å². The number of sulfonamides is 1. The molecule has 0 bridgehead atoms. The van der Waals surface area contributed by atoms with E-state index in [2.05, 4.69) is 4.72 Å². The molecule has 0 amide bonds. The quantitative estimate of drug-likeness (QED) is 0.860. The van der Waals surface area contributed by atoms with Crippen LogP contribution < -0.4 is 4.72 Å². The maximum atomic E-state index is 13.4. The minimum absolute atomic E-state index is 0.0320. The van der Waals surface area contributed by atoms with Crippen molar-refractivity contribution in [3.8, 4) is 0 Å². The summed E-state index contributed by atoms with van der Waals surface area (Å²) < 4.78 is 39.6. The van der Waals surface area contributed by atoms with Crippen LogP contribution in [-0.2, 0) is 15.8 Å². The van der Waals surface area contributed by atoms with Crippen molar-refractivity contribution in [2.24, 2.45) is 5.92 Å². The zero-order valence-corrected chi connectivity index (χ0v) is 11.4. The molecule has 4 nitrogen and oxygen atoms in total. The standard InChI is InChI=1S/C13H18FNO3S/c14-12-6-2-1-4-11(12)9-19(17,18)15-8-10-5-3-7-13(10)16/h1-2,4,6,10,13,15-16H,3,5,7-9H2. The van der Waals surface area contributed by atoms with E-state index in [1.165, 1.54) is 18.2 Å². The van der Waals surface area contributed by atoms with Gasteiger partial charge in [-0.15, -0.1) is 0 Å². The fourth-order valence-electron chi connectivity index (χ4n) is 2.36. The molecule has 2 N–H and O–H groups in total. The number of halogens is 1. The van der Waals surface area contributed by atoms with E-state index in [0.717, 1.165) is 19.3 Å². The van der Waals surface area contributed by atoms with Crippen LogP contribution in [0.25, 0.3) is 0 Å². The van der Waals surface area contributed by atoms with Crippen LogP contribution >= 0.6 is 0 Å². The Morgan fingerprint density at radius 1 is 1.32 bits per heavy atom. The van der Waals surface area contributed by atoms with Crippen LogP contribution in [0.1, 0.15) is 24.8 Å². The molecule has 2 atom stereocenters. The van der Waals surface area contributed by atoms with Crippen LogP contribution in [0, 0.1) is 11.7 Å². The summed E-state index contributed by atoms with van der Waals surface area (Å²) in [6, 6.07) is 5.83. The third kappa shape index (κ3) is 3.99. The molecule has 0 aliphatic heterocycles. The first-order valence-electron chi connectivity index (χ1n) is 6.37. The molecule has 0 saturated heterocycles. The van der Waals surface area contributed by atoms with Gasteiger partial charge in [0.25, 0.3) is 0 Å². The molecular formula is C13H18FNO3S. The van der Waals surface area contributed by atoms with Gasteiger partial charge in [-0.25, -0.2) is 17.5 Å². The maximum Gasteiger partial charge on any atom is 0.215 e. The largest absolute Gasteiger partial charge is 0.393 e. The molecular weight excluding hydrogens is 269 g/mol. The van der Waals surface area contributed by atoms with E-state index in [4.69, 9.17) is 0 Å². The lowest BCUT2D eigenvalue weighted by atomic mass is 10.1. The maximum absolute atomic E-state index is 13.4. The van der Waals surface area contributed by atoms with E-state index in [1.54, 1.807) is 6.07 Å². The molecule has 1 aromatic carbocycles. The van der Waals surface area contributed by atoms with Crippen LogP contribution in [0.3, 0.4) is 0 Å². The lowest BCUT2D eigenvalue weighted by Gasteiger charge is -2.15. The lowest BCUT2D eigenvalue weighted by molar-refractivity contribution is 0.134. The van der Waals surface area contributed by atoms with Gasteiger partial charge in [0.15, 0.2) is 0 Å². The third-order valence-corrected chi connectivity index (χ3v) is 4.79. The Hall–Kier alpha value is -0.980. The highest BCUT2D eigenvalue weighted by molar-refractivity contribution is 7.88. The summed E-state index contributed by atoms with van der Waals surface area (Å²) in [5, 5.41) is 9.62. The molecule has 106 valence electrons. The van der Waals surface area contributed by atoms with E-state index in [-0.39, 0.29) is 23.8 Å². The molecule has 1 saturated carbocycles. The van der Waals surface area contributed by atoms with Gasteiger partial charge in [0.05, 0.1) is 11.9 Å². The topological polar surface area (TPSA) is 66.4 Å². The van der Waals surface area contributed by atoms with Crippen molar-refractivity contribution in [3.05, 3.63) is 35.6 Å². The molecule has 0 heterocycles. The Morgan fingerprint density at radius 3 is 2.68 bits per heavy atom. The van der Waals surface area contributed by atoms with Crippen LogP contribution in [0.5, 0.6) is 0 Å². The Balaban J connectivity index is 1.94. The highest BCUT2D eigenvalue weighted by atomic mass is 32.2. The van der Waals surface area contributed by atoms with Crippen molar-refractivity contribution in [2.75, 3.05) is 6.54 Å². The van der Waals surface area contributed by atoms with Gasteiger partial charge in [-0.05, 0) is 24.8 Å². The summed E-state index contributed by atoms with van der Waals surface area (Å²) >= 11 is 0. The highest BCUT2D eigenvalue weighted by Gasteiger charge is 2.26. The van der Waals surface area contributed by atoms with Gasteiger partial charge in [0.1, 0.15) is 5.82 Å². The monoisotopic (exact) mass is 287 g/mol. The molecule has 1 aliphatic carbocycles. The minimum Gasteiger partial charge on any atom is -0.393 e. The Labute approximate surface area is 112 Å². The molecule has 1 aliphatic rings. The first-order chi connectivity index (χ1) is 8.98. The van der Waals surface area contributed by atoms with Gasteiger partial charge >= 0.3 is 0 Å². The fourth-order valence-corrected chi connectivity index (χ4v) is 3.57. The molecule has 19 heavy (non-hydrogen) atoms. The molecule has 1 aromatic rings. The van der Waals surface area contributed by atoms with Gasteiger partial charge < -0.3 is 5.11 Å². The van der Waals surface area contributed by atoms with Gasteiger partial charge in [-0.2, -0.15) is 0 Å². The predicted molar refractivity (Wildman–Crippen MR) is 70.4 cm³/mol. The van der Waals surface area contributed by atoms with Gasteiger partial charge in [0.2, 0.25) is 10.0 Å². The molecule has 1 fully saturated rings. The summed E-state index contributed by atoms with van der Waals surface area (Å²) in [5.41, 5.74) is 0.155. The fraction of sp³-hybridized carbons (Fsp3) is 0.538. The van der Waals surface area contributed by atoms with Crippen LogP contribution in [0.4, 0.5) is 4.39 Å². The number of rotatable bonds is 5. The van der Waals surface area contributed by atoms with Crippen molar-refractivity contribution in [3.63, 3.8) is 0 Å². The normalized spacial score (nSPS) is 23.7. The van der Waals surface area contributed by atoms with Crippen molar-refractivity contribution < 1.29 is 17.9 Å². The van der Waals surface area contributed by atoms with Crippen molar-refractivity contribution in [1.82, 2.24) is 4.72 Å². The second kappa shape index (κ2) is 5.98. The average molecular weight is 287 g/mol. The number of hydrogen-bond acceptors (Lipinski definition) is 3. The number of aliphatic hydroxyl groups is 1. The number of hydrogen-bond donors (Lipinski definition) is 2. The SMILES string of the molecule is O=S(=O)(Cc1ccccc1F)NCC1CCCC1O. The third-order valence-electron chi connectivity index (χ3n) is 3.49. The van der Waals surface area contributed by atoms with E-state index >= 15 is 0 Å². The Kier molecular flexibility index (Phi) is 4.54. The second-order valence-corrected chi connectivity index (χ2v) is 6.76. The van der Waals surface area contributed by atoms with Gasteiger partial charge in [0, 0.05) is 12.1 Å². The van der Waals surface area contributed by atoms with Crippen LogP contribution in [0.15, 0.2) is 24.3 Å². The zero-order chi connectivity index (χ0) is 13.9. The summed E-state index contributed by atoms with van der Waals surface area (Å²) in [7, 11) is -3.57. The predicted octanol–water partition coefficient (Wildman–Crippen LogP) is 1.41. The Morgan fingerprint density at radius 2 is 2.05 bits per heavy atom. The van der Waals surface area contributed by atoms with Crippen LogP contribution in [0.2, 0.25) is 0 Å². The summed E-state index contributed by atoms with van der Waals surface area (Å²) in [6.07, 6.45) is 2.03. The molecule has 2 unspecified atom stereocenters. The van der Waals surface area contributed by atoms with Gasteiger partial charge in [-0.1, -0.05) is 24.6 Å². The van der Waals surface area contributed by atoms with Crippen LogP contribution in [-0.4, -0.2) is 26.2 Å². The number of aliphatic hydroxyl groups excluding tert-OH is 1. The molecule has 0 radical (unpaired) electrons. The van der Waals surface area contributed by atoms with Crippen molar-refractivity contribution >= 4 is 10.0 Å². The second-order valence-electron chi connectivity index (χ2n) is 4.96. The smallest absolute Gasteiger partial charge is 0.215 e. The van der Waals surface area contributed by atoms with Gasteiger partial charge in [-0.3, -0.25) is 0 Å². The molecule has 0 spiro atoms. The molecule has 0 aromatic heterocycles. The average Bonchev–Trinajstić information content (AvgIpc) is 2.75. The molecule has 2 rings (SSSR count). The number of benzene rings is 1. The first-order valence-corrected chi connectivity index (χ1v) is 8.02. The highest BCUT2D eigenvalue weighted by Crippen LogP contribution is 2.25.